The maximum atomic E-state index is 12.3. The van der Waals surface area contributed by atoms with Gasteiger partial charge >= 0.3 is 0 Å². The van der Waals surface area contributed by atoms with Crippen LogP contribution in [-0.4, -0.2) is 54.0 Å². The van der Waals surface area contributed by atoms with Crippen molar-refractivity contribution in [3.05, 3.63) is 0 Å². The van der Waals surface area contributed by atoms with Gasteiger partial charge in [0.2, 0.25) is 5.91 Å². The van der Waals surface area contributed by atoms with Crippen LogP contribution in [-0.2, 0) is 4.79 Å². The minimum atomic E-state index is -0.696. The lowest BCUT2D eigenvalue weighted by Gasteiger charge is -2.41. The van der Waals surface area contributed by atoms with Crippen LogP contribution in [0.2, 0.25) is 0 Å². The molecule has 0 bridgehead atoms. The van der Waals surface area contributed by atoms with Gasteiger partial charge in [-0.25, -0.2) is 0 Å². The zero-order valence-electron chi connectivity index (χ0n) is 11.8. The van der Waals surface area contributed by atoms with Crippen LogP contribution in [0.4, 0.5) is 0 Å². The highest BCUT2D eigenvalue weighted by atomic mass is 35.5. The lowest BCUT2D eigenvalue weighted by Crippen LogP contribution is -2.60. The van der Waals surface area contributed by atoms with Gasteiger partial charge in [-0.2, -0.15) is 0 Å². The van der Waals surface area contributed by atoms with Crippen LogP contribution in [0, 0.1) is 0 Å². The first-order valence-electron chi connectivity index (χ1n) is 6.17. The van der Waals surface area contributed by atoms with E-state index in [1.54, 1.807) is 0 Å². The Morgan fingerprint density at radius 3 is 2.39 bits per heavy atom. The second kappa shape index (κ2) is 8.20. The van der Waals surface area contributed by atoms with Gasteiger partial charge < -0.3 is 15.5 Å². The van der Waals surface area contributed by atoms with E-state index in [4.69, 9.17) is 5.73 Å². The third-order valence-corrected chi connectivity index (χ3v) is 3.35. The van der Waals surface area contributed by atoms with Gasteiger partial charge in [0, 0.05) is 25.7 Å². The van der Waals surface area contributed by atoms with E-state index in [0.29, 0.717) is 0 Å². The summed E-state index contributed by atoms with van der Waals surface area (Å²) in [5.41, 5.74) is 5.40. The molecule has 2 unspecified atom stereocenters. The van der Waals surface area contributed by atoms with Gasteiger partial charge in [0.05, 0.1) is 5.54 Å². The number of nitrogens with zero attached hydrogens (tertiary/aromatic N) is 2. The van der Waals surface area contributed by atoms with E-state index in [9.17, 15) is 4.79 Å². The van der Waals surface area contributed by atoms with Gasteiger partial charge in [-0.05, 0) is 27.3 Å². The molecule has 0 aromatic rings. The monoisotopic (exact) mass is 299 g/mol. The van der Waals surface area contributed by atoms with Crippen LogP contribution in [0.25, 0.3) is 0 Å². The summed E-state index contributed by atoms with van der Waals surface area (Å²) < 4.78 is 0. The van der Waals surface area contributed by atoms with E-state index >= 15 is 0 Å². The molecule has 0 aromatic carbocycles. The molecule has 2 N–H and O–H groups in total. The standard InChI is InChI=1S/C12H25N3O.2ClH/c1-5-6-12(3,13)11(16)15-8-7-14(4)9-10(15)2;;/h10H,5-9,13H2,1-4H3;2*1H. The van der Waals surface area contributed by atoms with E-state index < -0.39 is 5.54 Å². The highest BCUT2D eigenvalue weighted by molar-refractivity contribution is 5.86. The Morgan fingerprint density at radius 2 is 1.94 bits per heavy atom. The highest BCUT2D eigenvalue weighted by Crippen LogP contribution is 2.17. The second-order valence-corrected chi connectivity index (χ2v) is 5.28. The van der Waals surface area contributed by atoms with Gasteiger partial charge in [0.15, 0.2) is 0 Å². The Labute approximate surface area is 123 Å². The van der Waals surface area contributed by atoms with E-state index in [1.165, 1.54) is 0 Å². The summed E-state index contributed by atoms with van der Waals surface area (Å²) in [4.78, 5) is 16.5. The first-order chi connectivity index (χ1) is 7.38. The van der Waals surface area contributed by atoms with Crippen molar-refractivity contribution in [1.29, 1.82) is 0 Å². The predicted molar refractivity (Wildman–Crippen MR) is 80.7 cm³/mol. The summed E-state index contributed by atoms with van der Waals surface area (Å²) in [5.74, 6) is 0.106. The Morgan fingerprint density at radius 1 is 1.39 bits per heavy atom. The Kier molecular flexibility index (Phi) is 9.25. The molecule has 0 aromatic heterocycles. The Bertz CT molecular complexity index is 262. The van der Waals surface area contributed by atoms with E-state index in [-0.39, 0.29) is 36.8 Å². The fourth-order valence-corrected chi connectivity index (χ4v) is 2.40. The van der Waals surface area contributed by atoms with Crippen LogP contribution in [0.15, 0.2) is 0 Å². The number of halogens is 2. The van der Waals surface area contributed by atoms with E-state index in [1.807, 2.05) is 11.8 Å². The number of rotatable bonds is 3. The van der Waals surface area contributed by atoms with Crippen molar-refractivity contribution in [1.82, 2.24) is 9.80 Å². The number of amides is 1. The molecule has 2 atom stereocenters. The van der Waals surface area contributed by atoms with Gasteiger partial charge in [0.1, 0.15) is 0 Å². The summed E-state index contributed by atoms with van der Waals surface area (Å²) in [7, 11) is 2.09. The van der Waals surface area contributed by atoms with E-state index in [0.717, 1.165) is 32.5 Å². The number of hydrogen-bond acceptors (Lipinski definition) is 3. The zero-order chi connectivity index (χ0) is 12.3. The molecule has 1 fully saturated rings. The summed E-state index contributed by atoms with van der Waals surface area (Å²) in [6, 6.07) is 0.269. The van der Waals surface area contributed by atoms with Crippen LogP contribution in [0.3, 0.4) is 0 Å². The predicted octanol–water partition coefficient (Wildman–Crippen LogP) is 1.51. The molecule has 0 aliphatic carbocycles. The number of carbonyl (C=O) groups is 1. The van der Waals surface area contributed by atoms with Gasteiger partial charge in [0.25, 0.3) is 0 Å². The Hall–Kier alpha value is -0.0300. The van der Waals surface area contributed by atoms with Crippen molar-refractivity contribution in [2.24, 2.45) is 5.73 Å². The Balaban J connectivity index is 0. The van der Waals surface area contributed by atoms with Gasteiger partial charge in [-0.1, -0.05) is 13.3 Å². The van der Waals surface area contributed by atoms with Crippen LogP contribution < -0.4 is 5.73 Å². The molecule has 0 radical (unpaired) electrons. The quantitative estimate of drug-likeness (QED) is 0.859. The molecule has 1 aliphatic rings. The molecule has 6 heteroatoms. The fourth-order valence-electron chi connectivity index (χ4n) is 2.40. The number of piperazine rings is 1. The van der Waals surface area contributed by atoms with Gasteiger partial charge in [-0.15, -0.1) is 24.8 Å². The summed E-state index contributed by atoms with van der Waals surface area (Å²) in [6.45, 7) is 8.69. The van der Waals surface area contributed by atoms with Crippen molar-refractivity contribution >= 4 is 30.7 Å². The number of carbonyl (C=O) groups excluding carboxylic acids is 1. The molecular formula is C12H27Cl2N3O. The largest absolute Gasteiger partial charge is 0.336 e. The molecule has 1 aliphatic heterocycles. The van der Waals surface area contributed by atoms with Crippen molar-refractivity contribution < 1.29 is 4.79 Å². The minimum Gasteiger partial charge on any atom is -0.336 e. The molecular weight excluding hydrogens is 273 g/mol. The molecule has 1 heterocycles. The molecule has 110 valence electrons. The number of hydrogen-bond donors (Lipinski definition) is 1. The van der Waals surface area contributed by atoms with Crippen molar-refractivity contribution in [3.8, 4) is 0 Å². The molecule has 4 nitrogen and oxygen atoms in total. The SMILES string of the molecule is CCCC(C)(N)C(=O)N1CCN(C)CC1C.Cl.Cl. The first kappa shape index (κ1) is 20.3. The number of likely N-dealkylation sites (N-methyl/N-ethyl adjacent to an activating group) is 1. The molecule has 1 saturated heterocycles. The highest BCUT2D eigenvalue weighted by Gasteiger charge is 2.35. The summed E-state index contributed by atoms with van der Waals surface area (Å²) in [6.07, 6.45) is 1.70. The third-order valence-electron chi connectivity index (χ3n) is 3.35. The van der Waals surface area contributed by atoms with Crippen molar-refractivity contribution in [3.63, 3.8) is 0 Å². The van der Waals surface area contributed by atoms with Crippen LogP contribution in [0.1, 0.15) is 33.6 Å². The van der Waals surface area contributed by atoms with Gasteiger partial charge in [-0.3, -0.25) is 4.79 Å². The summed E-state index contributed by atoms with van der Waals surface area (Å²) in [5, 5.41) is 0. The van der Waals surface area contributed by atoms with Crippen molar-refractivity contribution in [2.45, 2.75) is 45.2 Å². The fraction of sp³-hybridized carbons (Fsp3) is 0.917. The average molecular weight is 300 g/mol. The minimum absolute atomic E-state index is 0. The lowest BCUT2D eigenvalue weighted by atomic mass is 9.94. The molecule has 1 rings (SSSR count). The van der Waals surface area contributed by atoms with Crippen LogP contribution >= 0.6 is 24.8 Å². The molecule has 18 heavy (non-hydrogen) atoms. The topological polar surface area (TPSA) is 49.6 Å². The second-order valence-electron chi connectivity index (χ2n) is 5.28. The lowest BCUT2D eigenvalue weighted by molar-refractivity contribution is -0.141. The van der Waals surface area contributed by atoms with E-state index in [2.05, 4.69) is 25.8 Å². The third kappa shape index (κ3) is 4.92. The zero-order valence-corrected chi connectivity index (χ0v) is 13.4. The van der Waals surface area contributed by atoms with Crippen LogP contribution in [0.5, 0.6) is 0 Å². The first-order valence-corrected chi connectivity index (χ1v) is 6.17. The molecule has 0 spiro atoms. The smallest absolute Gasteiger partial charge is 0.242 e. The average Bonchev–Trinajstić information content (AvgIpc) is 2.16. The molecule has 0 saturated carbocycles. The maximum absolute atomic E-state index is 12.3. The normalized spacial score (nSPS) is 23.6. The van der Waals surface area contributed by atoms with Crippen molar-refractivity contribution in [2.75, 3.05) is 26.7 Å². The molecule has 1 amide bonds. The summed E-state index contributed by atoms with van der Waals surface area (Å²) >= 11 is 0. The number of nitrogens with two attached hydrogens (primary N) is 1. The maximum Gasteiger partial charge on any atom is 0.242 e.